The molecule has 1 rings (SSSR count). The van der Waals surface area contributed by atoms with Crippen molar-refractivity contribution in [3.05, 3.63) is 39.9 Å². The van der Waals surface area contributed by atoms with E-state index in [0.29, 0.717) is 0 Å². The maximum Gasteiger partial charge on any atom is 0.335 e. The fourth-order valence-electron chi connectivity index (χ4n) is 0.726. The molecule has 0 aliphatic rings. The zero-order valence-electron chi connectivity index (χ0n) is 6.93. The van der Waals surface area contributed by atoms with Crippen molar-refractivity contribution in [2.45, 2.75) is 0 Å². The van der Waals surface area contributed by atoms with Crippen molar-refractivity contribution in [3.63, 3.8) is 0 Å². The number of rotatable bonds is 2. The van der Waals surface area contributed by atoms with Crippen LogP contribution in [0.4, 0.5) is 5.69 Å². The number of carbonyl (C=O) groups is 1. The molecule has 1 radical (unpaired) electrons. The van der Waals surface area contributed by atoms with Gasteiger partial charge in [0, 0.05) is 41.7 Å². The zero-order chi connectivity index (χ0) is 9.14. The number of aromatic carboxylic acids is 1. The van der Waals surface area contributed by atoms with Crippen molar-refractivity contribution in [2.24, 2.45) is 0 Å². The monoisotopic (exact) mass is 190 g/mol. The Hall–Kier alpha value is -0.910. The van der Waals surface area contributed by atoms with Crippen LogP contribution in [0.2, 0.25) is 0 Å². The van der Waals surface area contributed by atoms with E-state index in [-0.39, 0.29) is 40.8 Å². The minimum absolute atomic E-state index is 0. The van der Waals surface area contributed by atoms with E-state index in [1.807, 2.05) is 0 Å². The van der Waals surface area contributed by atoms with E-state index < -0.39 is 10.9 Å². The summed E-state index contributed by atoms with van der Waals surface area (Å²) in [5.41, 5.74) is -0.0689. The minimum atomic E-state index is -1.09. The second-order valence-electron chi connectivity index (χ2n) is 2.11. The number of nitro benzene ring substituents is 1. The van der Waals surface area contributed by atoms with Crippen LogP contribution in [0.25, 0.3) is 0 Å². The molecule has 0 aliphatic carbocycles. The third-order valence-corrected chi connectivity index (χ3v) is 1.33. The average molecular weight is 190 g/mol. The molecule has 0 saturated carbocycles. The first kappa shape index (κ1) is 12.1. The number of nitro groups is 1. The van der Waals surface area contributed by atoms with E-state index in [0.717, 1.165) is 12.1 Å². The average Bonchev–Trinajstić information content (AvgIpc) is 2.04. The second-order valence-corrected chi connectivity index (χ2v) is 2.11. The molecule has 1 N–H and O–H groups in total. The number of hydrogen-bond acceptors (Lipinski definition) is 3. The van der Waals surface area contributed by atoms with E-state index >= 15 is 0 Å². The van der Waals surface area contributed by atoms with Gasteiger partial charge in [0.1, 0.15) is 0 Å². The van der Waals surface area contributed by atoms with E-state index in [1.54, 1.807) is 0 Å². The van der Waals surface area contributed by atoms with Crippen LogP contribution in [0, 0.1) is 10.1 Å². The van der Waals surface area contributed by atoms with Crippen LogP contribution in [-0.4, -0.2) is 45.6 Å². The summed E-state index contributed by atoms with van der Waals surface area (Å²) in [6, 6.07) is 4.70. The fourth-order valence-corrected chi connectivity index (χ4v) is 0.726. The Bertz CT molecular complexity index is 289. The number of hydrogen-bond donors (Lipinski definition) is 1. The molecular formula is C7H5NNaO4. The molecule has 0 unspecified atom stereocenters. The third kappa shape index (κ3) is 3.14. The Morgan fingerprint density at radius 1 is 1.31 bits per heavy atom. The maximum absolute atomic E-state index is 10.3. The smallest absolute Gasteiger partial charge is 0.335 e. The second kappa shape index (κ2) is 4.96. The van der Waals surface area contributed by atoms with E-state index in [1.165, 1.54) is 12.1 Å². The largest absolute Gasteiger partial charge is 0.478 e. The van der Waals surface area contributed by atoms with Crippen LogP contribution in [-0.2, 0) is 0 Å². The van der Waals surface area contributed by atoms with E-state index in [2.05, 4.69) is 0 Å². The van der Waals surface area contributed by atoms with Gasteiger partial charge in [0.05, 0.1) is 10.5 Å². The van der Waals surface area contributed by atoms with Crippen LogP contribution in [0.1, 0.15) is 10.4 Å². The molecule has 1 aromatic carbocycles. The van der Waals surface area contributed by atoms with Gasteiger partial charge < -0.3 is 5.11 Å². The number of benzene rings is 1. The molecule has 0 bridgehead atoms. The molecule has 0 aliphatic heterocycles. The van der Waals surface area contributed by atoms with Crippen molar-refractivity contribution >= 4 is 41.2 Å². The first-order valence-electron chi connectivity index (χ1n) is 3.09. The Labute approximate surface area is 95.8 Å². The molecule has 63 valence electrons. The Morgan fingerprint density at radius 3 is 2.08 bits per heavy atom. The van der Waals surface area contributed by atoms with Crippen LogP contribution >= 0.6 is 0 Å². The normalized spacial score (nSPS) is 8.62. The van der Waals surface area contributed by atoms with Gasteiger partial charge in [0.2, 0.25) is 0 Å². The molecule has 0 aromatic heterocycles. The molecular weight excluding hydrogens is 185 g/mol. The predicted molar refractivity (Wildman–Crippen MR) is 45.8 cm³/mol. The topological polar surface area (TPSA) is 80.4 Å². The molecule has 13 heavy (non-hydrogen) atoms. The summed E-state index contributed by atoms with van der Waals surface area (Å²) < 4.78 is 0. The molecule has 0 amide bonds. The van der Waals surface area contributed by atoms with Gasteiger partial charge in [-0.2, -0.15) is 0 Å². The SMILES string of the molecule is O=C(O)c1ccc([N+](=O)[O-])cc1.[Na]. The molecule has 0 saturated heterocycles. The third-order valence-electron chi connectivity index (χ3n) is 1.33. The van der Waals surface area contributed by atoms with Gasteiger partial charge in [-0.3, -0.25) is 10.1 Å². The van der Waals surface area contributed by atoms with Crippen LogP contribution in [0.3, 0.4) is 0 Å². The quantitative estimate of drug-likeness (QED) is 0.427. The van der Waals surface area contributed by atoms with Crippen molar-refractivity contribution in [2.75, 3.05) is 0 Å². The number of nitrogens with zero attached hydrogens (tertiary/aromatic N) is 1. The molecule has 6 heteroatoms. The molecule has 0 heterocycles. The van der Waals surface area contributed by atoms with Gasteiger partial charge in [0.25, 0.3) is 5.69 Å². The molecule has 0 atom stereocenters. The summed E-state index contributed by atoms with van der Waals surface area (Å²) in [4.78, 5) is 19.9. The van der Waals surface area contributed by atoms with Gasteiger partial charge in [-0.25, -0.2) is 4.79 Å². The summed E-state index contributed by atoms with van der Waals surface area (Å²) in [6.07, 6.45) is 0. The van der Waals surface area contributed by atoms with Crippen LogP contribution in [0.5, 0.6) is 0 Å². The predicted octanol–water partition coefficient (Wildman–Crippen LogP) is 0.912. The van der Waals surface area contributed by atoms with E-state index in [4.69, 9.17) is 5.11 Å². The Kier molecular flexibility index (Phi) is 4.61. The van der Waals surface area contributed by atoms with Crippen molar-refractivity contribution in [1.29, 1.82) is 0 Å². The van der Waals surface area contributed by atoms with Gasteiger partial charge in [-0.05, 0) is 12.1 Å². The molecule has 0 spiro atoms. The fraction of sp³-hybridized carbons (Fsp3) is 0. The van der Waals surface area contributed by atoms with Gasteiger partial charge in [-0.1, -0.05) is 0 Å². The van der Waals surface area contributed by atoms with Gasteiger partial charge >= 0.3 is 5.97 Å². The van der Waals surface area contributed by atoms with Gasteiger partial charge in [0.15, 0.2) is 0 Å². The van der Waals surface area contributed by atoms with Crippen LogP contribution < -0.4 is 0 Å². The Balaban J connectivity index is 0.00000144. The summed E-state index contributed by atoms with van der Waals surface area (Å²) >= 11 is 0. The standard InChI is InChI=1S/C7H5NO4.Na/c9-7(10)5-1-3-6(4-2-5)8(11)12;/h1-4H,(H,9,10);. The summed E-state index contributed by atoms with van der Waals surface area (Å²) in [5.74, 6) is -1.09. The van der Waals surface area contributed by atoms with Crippen LogP contribution in [0.15, 0.2) is 24.3 Å². The first-order chi connectivity index (χ1) is 5.61. The minimum Gasteiger partial charge on any atom is -0.478 e. The summed E-state index contributed by atoms with van der Waals surface area (Å²) in [6.45, 7) is 0. The number of carboxylic acids is 1. The molecule has 5 nitrogen and oxygen atoms in total. The van der Waals surface area contributed by atoms with Crippen molar-refractivity contribution in [3.8, 4) is 0 Å². The first-order valence-corrected chi connectivity index (χ1v) is 3.09. The van der Waals surface area contributed by atoms with Gasteiger partial charge in [-0.15, -0.1) is 0 Å². The zero-order valence-corrected chi connectivity index (χ0v) is 8.93. The maximum atomic E-state index is 10.3. The number of carboxylic acid groups (broad SMARTS) is 1. The summed E-state index contributed by atoms with van der Waals surface area (Å²) in [7, 11) is 0. The van der Waals surface area contributed by atoms with Crippen molar-refractivity contribution in [1.82, 2.24) is 0 Å². The molecule has 1 aromatic rings. The van der Waals surface area contributed by atoms with E-state index in [9.17, 15) is 14.9 Å². The summed E-state index contributed by atoms with van der Waals surface area (Å²) in [5, 5.41) is 18.6. The number of non-ortho nitro benzene ring substituents is 1. The van der Waals surface area contributed by atoms with Crippen molar-refractivity contribution < 1.29 is 14.8 Å². The Morgan fingerprint density at radius 2 is 1.77 bits per heavy atom. The molecule has 0 fully saturated rings.